The molecule has 0 saturated heterocycles. The molecule has 0 saturated carbocycles. The van der Waals surface area contributed by atoms with Gasteiger partial charge in [0.1, 0.15) is 5.82 Å². The fourth-order valence-electron chi connectivity index (χ4n) is 3.32. The lowest BCUT2D eigenvalue weighted by atomic mass is 9.82. The Kier molecular flexibility index (Phi) is 4.52. The van der Waals surface area contributed by atoms with Crippen molar-refractivity contribution >= 4 is 34.9 Å². The van der Waals surface area contributed by atoms with Gasteiger partial charge in [0, 0.05) is 11.1 Å². The molecule has 1 amide bonds. The van der Waals surface area contributed by atoms with Gasteiger partial charge in [0.25, 0.3) is 0 Å². The summed E-state index contributed by atoms with van der Waals surface area (Å²) < 4.78 is 0. The molecule has 24 heavy (non-hydrogen) atoms. The maximum absolute atomic E-state index is 12.4. The fraction of sp³-hybridized carbons (Fsp3) is 0.412. The van der Waals surface area contributed by atoms with Crippen molar-refractivity contribution in [3.05, 3.63) is 35.7 Å². The number of primary amides is 1. The zero-order chi connectivity index (χ0) is 17.0. The van der Waals surface area contributed by atoms with E-state index in [4.69, 9.17) is 5.73 Å². The van der Waals surface area contributed by atoms with E-state index < -0.39 is 17.0 Å². The van der Waals surface area contributed by atoms with Gasteiger partial charge in [-0.15, -0.1) is 22.7 Å². The van der Waals surface area contributed by atoms with Crippen molar-refractivity contribution < 1.29 is 10.0 Å². The minimum Gasteiger partial charge on any atom is -0.366 e. The molecule has 3 rings (SSSR count). The van der Waals surface area contributed by atoms with Crippen LogP contribution in [0.15, 0.2) is 24.3 Å². The molecule has 1 aromatic heterocycles. The van der Waals surface area contributed by atoms with Gasteiger partial charge in [0.2, 0.25) is 5.91 Å². The summed E-state index contributed by atoms with van der Waals surface area (Å²) >= 11 is 0. The van der Waals surface area contributed by atoms with Gasteiger partial charge in [-0.25, -0.2) is 4.98 Å². The van der Waals surface area contributed by atoms with Crippen molar-refractivity contribution in [3.8, 4) is 0 Å². The standard InChI is InChI=1S/C17H21N4O2.ClH/c1-16(2)8-11(9-17(3,4)21(16)23)15-19-12-6-5-10(14(18)22)7-13(12)20-15;/h5-8H,9H2,1-4H3,(H2,18,22)(H,19,20);1H. The summed E-state index contributed by atoms with van der Waals surface area (Å²) in [6, 6.07) is 5.14. The van der Waals surface area contributed by atoms with Crippen molar-refractivity contribution in [2.24, 2.45) is 5.73 Å². The molecule has 1 radical (unpaired) electrons. The Morgan fingerprint density at radius 2 is 1.96 bits per heavy atom. The van der Waals surface area contributed by atoms with E-state index >= 15 is 0 Å². The minimum absolute atomic E-state index is 0. The molecule has 0 unspecified atom stereocenters. The van der Waals surface area contributed by atoms with Gasteiger partial charge >= 0.3 is 0 Å². The van der Waals surface area contributed by atoms with Crippen molar-refractivity contribution in [1.29, 1.82) is 0 Å². The van der Waals surface area contributed by atoms with E-state index in [0.717, 1.165) is 27.5 Å². The molecule has 0 fully saturated rings. The monoisotopic (exact) mass is 349 g/mol. The first-order valence-electron chi connectivity index (χ1n) is 7.59. The quantitative estimate of drug-likeness (QED) is 0.872. The number of nitrogens with zero attached hydrogens (tertiary/aromatic N) is 2. The van der Waals surface area contributed by atoms with Crippen LogP contribution in [0.2, 0.25) is 0 Å². The lowest BCUT2D eigenvalue weighted by Gasteiger charge is -2.45. The molecular formula is C17H22ClN4O2. The van der Waals surface area contributed by atoms with Gasteiger partial charge in [-0.2, -0.15) is 0 Å². The lowest BCUT2D eigenvalue weighted by molar-refractivity contribution is -0.260. The number of nitrogens with two attached hydrogens (primary N) is 1. The van der Waals surface area contributed by atoms with Crippen LogP contribution < -0.4 is 5.73 Å². The maximum atomic E-state index is 12.4. The topological polar surface area (TPSA) is 94.9 Å². The van der Waals surface area contributed by atoms with E-state index in [9.17, 15) is 10.0 Å². The summed E-state index contributed by atoms with van der Waals surface area (Å²) in [5.74, 6) is 0.264. The largest absolute Gasteiger partial charge is 0.366 e. The number of nitrogens with one attached hydrogen (secondary N) is 1. The van der Waals surface area contributed by atoms with E-state index in [2.05, 4.69) is 9.97 Å². The van der Waals surface area contributed by atoms with Gasteiger partial charge < -0.3 is 10.7 Å². The molecule has 129 valence electrons. The number of H-pyrrole nitrogens is 1. The predicted octanol–water partition coefficient (Wildman–Crippen LogP) is 3.08. The number of imidazole rings is 1. The molecular weight excluding hydrogens is 328 g/mol. The van der Waals surface area contributed by atoms with Gasteiger partial charge in [-0.1, -0.05) is 6.08 Å². The average Bonchev–Trinajstić information content (AvgIpc) is 2.86. The average molecular weight is 350 g/mol. The highest BCUT2D eigenvalue weighted by atomic mass is 35.5. The number of aromatic nitrogens is 2. The van der Waals surface area contributed by atoms with E-state index in [1.54, 1.807) is 18.2 Å². The third-order valence-electron chi connectivity index (χ3n) is 4.29. The normalized spacial score (nSPS) is 19.6. The van der Waals surface area contributed by atoms with Gasteiger partial charge in [0.05, 0.1) is 16.6 Å². The maximum Gasteiger partial charge on any atom is 0.248 e. The Bertz CT molecular complexity index is 823. The van der Waals surface area contributed by atoms with Crippen LogP contribution in [-0.2, 0) is 5.21 Å². The summed E-state index contributed by atoms with van der Waals surface area (Å²) in [7, 11) is 0. The summed E-state index contributed by atoms with van der Waals surface area (Å²) in [6.45, 7) is 7.66. The highest BCUT2D eigenvalue weighted by molar-refractivity contribution is 5.96. The first kappa shape index (κ1) is 18.4. The number of carbonyl (C=O) groups is 1. The lowest BCUT2D eigenvalue weighted by Crippen LogP contribution is -2.54. The van der Waals surface area contributed by atoms with Crippen LogP contribution in [0.4, 0.5) is 0 Å². The van der Waals surface area contributed by atoms with Crippen LogP contribution in [-0.4, -0.2) is 32.0 Å². The third-order valence-corrected chi connectivity index (χ3v) is 4.29. The van der Waals surface area contributed by atoms with Crippen molar-refractivity contribution in [2.75, 3.05) is 0 Å². The highest BCUT2D eigenvalue weighted by Crippen LogP contribution is 2.39. The Labute approximate surface area is 147 Å². The van der Waals surface area contributed by atoms with Crippen molar-refractivity contribution in [1.82, 2.24) is 15.0 Å². The Hall–Kier alpha value is -1.89. The molecule has 7 heteroatoms. The minimum atomic E-state index is -0.603. The SMILES string of the molecule is CC1(C)C=C(c2nc3ccc(C(N)=O)cc3[nH]2)CC(C)(C)N1[O].Cl. The van der Waals surface area contributed by atoms with Gasteiger partial charge in [-0.05, 0) is 57.9 Å². The molecule has 3 N–H and O–H groups in total. The predicted molar refractivity (Wildman–Crippen MR) is 95.1 cm³/mol. The summed E-state index contributed by atoms with van der Waals surface area (Å²) in [5.41, 5.74) is 7.18. The number of aromatic amines is 1. The van der Waals surface area contributed by atoms with Crippen LogP contribution in [0, 0.1) is 0 Å². The van der Waals surface area contributed by atoms with Gasteiger partial charge in [-0.3, -0.25) is 4.79 Å². The number of carbonyl (C=O) groups excluding carboxylic acids is 1. The molecule has 2 heterocycles. The van der Waals surface area contributed by atoms with Crippen LogP contribution in [0.5, 0.6) is 0 Å². The smallest absolute Gasteiger partial charge is 0.248 e. The Balaban J connectivity index is 0.00000208. The number of hydrogen-bond acceptors (Lipinski definition) is 3. The number of rotatable bonds is 2. The molecule has 0 aliphatic carbocycles. The molecule has 1 aliphatic heterocycles. The fourth-order valence-corrected chi connectivity index (χ4v) is 3.32. The van der Waals surface area contributed by atoms with Gasteiger partial charge in [0.15, 0.2) is 0 Å². The van der Waals surface area contributed by atoms with E-state index in [0.29, 0.717) is 12.0 Å². The molecule has 6 nitrogen and oxygen atoms in total. The summed E-state index contributed by atoms with van der Waals surface area (Å²) in [5, 5.41) is 13.6. The van der Waals surface area contributed by atoms with Crippen LogP contribution in [0.25, 0.3) is 16.6 Å². The van der Waals surface area contributed by atoms with E-state index in [1.165, 1.54) is 0 Å². The first-order valence-corrected chi connectivity index (χ1v) is 7.59. The third kappa shape index (κ3) is 3.05. The van der Waals surface area contributed by atoms with E-state index in [-0.39, 0.29) is 12.4 Å². The molecule has 1 aliphatic rings. The number of hydroxylamine groups is 2. The zero-order valence-corrected chi connectivity index (χ0v) is 15.0. The second-order valence-electron chi connectivity index (χ2n) is 7.29. The first-order chi connectivity index (χ1) is 10.6. The Morgan fingerprint density at radius 3 is 2.54 bits per heavy atom. The van der Waals surface area contributed by atoms with Crippen LogP contribution in [0.1, 0.15) is 50.3 Å². The number of amides is 1. The van der Waals surface area contributed by atoms with E-state index in [1.807, 2.05) is 33.8 Å². The number of fused-ring (bicyclic) bond motifs is 1. The second kappa shape index (κ2) is 5.88. The summed E-state index contributed by atoms with van der Waals surface area (Å²) in [4.78, 5) is 19.1. The zero-order valence-electron chi connectivity index (χ0n) is 14.2. The van der Waals surface area contributed by atoms with Crippen molar-refractivity contribution in [2.45, 2.75) is 45.2 Å². The summed E-state index contributed by atoms with van der Waals surface area (Å²) in [6.07, 6.45) is 2.56. The highest BCUT2D eigenvalue weighted by Gasteiger charge is 2.42. The molecule has 1 aromatic carbocycles. The Morgan fingerprint density at radius 1 is 1.29 bits per heavy atom. The molecule has 0 spiro atoms. The second-order valence-corrected chi connectivity index (χ2v) is 7.29. The van der Waals surface area contributed by atoms with Crippen LogP contribution >= 0.6 is 12.4 Å². The molecule has 0 atom stereocenters. The van der Waals surface area contributed by atoms with Crippen molar-refractivity contribution in [3.63, 3.8) is 0 Å². The number of hydrogen-bond donors (Lipinski definition) is 2. The number of benzene rings is 1. The molecule has 2 aromatic rings. The number of halogens is 1. The molecule has 0 bridgehead atoms. The van der Waals surface area contributed by atoms with Crippen LogP contribution in [0.3, 0.4) is 0 Å².